The van der Waals surface area contributed by atoms with Gasteiger partial charge >= 0.3 is 0 Å². The minimum Gasteiger partial charge on any atom is -0.369 e. The van der Waals surface area contributed by atoms with Gasteiger partial charge in [-0.1, -0.05) is 13.8 Å². The van der Waals surface area contributed by atoms with Gasteiger partial charge in [0.2, 0.25) is 5.91 Å². The Kier molecular flexibility index (Phi) is 6.79. The van der Waals surface area contributed by atoms with Crippen molar-refractivity contribution in [2.24, 2.45) is 0 Å². The first-order chi connectivity index (χ1) is 11.5. The van der Waals surface area contributed by atoms with Crippen molar-refractivity contribution in [3.63, 3.8) is 0 Å². The number of benzene rings is 1. The predicted octanol–water partition coefficient (Wildman–Crippen LogP) is 2.32. The van der Waals surface area contributed by atoms with E-state index in [9.17, 15) is 9.59 Å². The molecule has 1 aliphatic heterocycles. The Morgan fingerprint density at radius 1 is 1.04 bits per heavy atom. The molecule has 0 saturated carbocycles. The molecule has 1 aliphatic rings. The van der Waals surface area contributed by atoms with Crippen LogP contribution in [0.15, 0.2) is 24.3 Å². The van der Waals surface area contributed by atoms with Gasteiger partial charge in [-0.25, -0.2) is 0 Å². The molecule has 1 saturated heterocycles. The molecule has 1 N–H and O–H groups in total. The second-order valence-corrected chi connectivity index (χ2v) is 6.45. The predicted molar refractivity (Wildman–Crippen MR) is 97.6 cm³/mol. The second kappa shape index (κ2) is 8.83. The number of nitrogens with one attached hydrogen (secondary N) is 1. The van der Waals surface area contributed by atoms with Crippen LogP contribution in [0.3, 0.4) is 0 Å². The molecule has 5 heteroatoms. The molecule has 2 rings (SSSR count). The molecule has 1 amide bonds. The lowest BCUT2D eigenvalue weighted by Crippen LogP contribution is -2.50. The van der Waals surface area contributed by atoms with Gasteiger partial charge < -0.3 is 10.2 Å². The topological polar surface area (TPSA) is 52.7 Å². The summed E-state index contributed by atoms with van der Waals surface area (Å²) in [7, 11) is 0. The van der Waals surface area contributed by atoms with Gasteiger partial charge in [0.05, 0.1) is 6.54 Å². The van der Waals surface area contributed by atoms with Crippen LogP contribution < -0.4 is 10.2 Å². The SMILES string of the molecule is CCC(CC)NC(=O)CN1CCN(c2ccc(C(C)=O)cc2)CC1. The Morgan fingerprint density at radius 2 is 1.62 bits per heavy atom. The minimum atomic E-state index is 0.0924. The second-order valence-electron chi connectivity index (χ2n) is 6.45. The molecule has 1 aromatic carbocycles. The average Bonchev–Trinajstić information content (AvgIpc) is 2.60. The summed E-state index contributed by atoms with van der Waals surface area (Å²) in [6, 6.07) is 8.07. The number of hydrogen-bond donors (Lipinski definition) is 1. The van der Waals surface area contributed by atoms with Crippen LogP contribution >= 0.6 is 0 Å². The number of rotatable bonds is 7. The van der Waals surface area contributed by atoms with Crippen molar-refractivity contribution in [3.8, 4) is 0 Å². The van der Waals surface area contributed by atoms with Crippen molar-refractivity contribution >= 4 is 17.4 Å². The number of hydrogen-bond acceptors (Lipinski definition) is 4. The number of piperazine rings is 1. The summed E-state index contributed by atoms with van der Waals surface area (Å²) in [5, 5.41) is 3.10. The van der Waals surface area contributed by atoms with Gasteiger partial charge in [0.15, 0.2) is 5.78 Å². The lowest BCUT2D eigenvalue weighted by molar-refractivity contribution is -0.123. The largest absolute Gasteiger partial charge is 0.369 e. The Labute approximate surface area is 145 Å². The van der Waals surface area contributed by atoms with E-state index < -0.39 is 0 Å². The van der Waals surface area contributed by atoms with Crippen molar-refractivity contribution in [2.45, 2.75) is 39.7 Å². The Morgan fingerprint density at radius 3 is 2.12 bits per heavy atom. The van der Waals surface area contributed by atoms with Gasteiger partial charge in [0, 0.05) is 43.5 Å². The van der Waals surface area contributed by atoms with E-state index in [0.29, 0.717) is 12.6 Å². The number of nitrogens with zero attached hydrogens (tertiary/aromatic N) is 2. The normalized spacial score (nSPS) is 15.6. The van der Waals surface area contributed by atoms with E-state index in [1.165, 1.54) is 0 Å². The highest BCUT2D eigenvalue weighted by Gasteiger charge is 2.20. The summed E-state index contributed by atoms with van der Waals surface area (Å²) < 4.78 is 0. The number of amides is 1. The van der Waals surface area contributed by atoms with Crippen LogP contribution in [0.2, 0.25) is 0 Å². The van der Waals surface area contributed by atoms with E-state index >= 15 is 0 Å². The third kappa shape index (κ3) is 5.06. The van der Waals surface area contributed by atoms with Gasteiger partial charge in [-0.15, -0.1) is 0 Å². The standard InChI is InChI=1S/C19H29N3O2/c1-4-17(5-2)20-19(24)14-21-10-12-22(13-11-21)18-8-6-16(7-9-18)15(3)23/h6-9,17H,4-5,10-14H2,1-3H3,(H,20,24). The molecule has 0 spiro atoms. The Balaban J connectivity index is 1.80. The average molecular weight is 331 g/mol. The molecule has 0 unspecified atom stereocenters. The molecule has 1 heterocycles. The summed E-state index contributed by atoms with van der Waals surface area (Å²) in [6.07, 6.45) is 1.96. The Hall–Kier alpha value is -1.88. The van der Waals surface area contributed by atoms with Crippen LogP contribution in [0.25, 0.3) is 0 Å². The number of Topliss-reactive ketones (excluding diaryl/α,β-unsaturated/α-hetero) is 1. The lowest BCUT2D eigenvalue weighted by atomic mass is 10.1. The number of ketones is 1. The van der Waals surface area contributed by atoms with Crippen molar-refractivity contribution in [3.05, 3.63) is 29.8 Å². The van der Waals surface area contributed by atoms with Gasteiger partial charge in [0.25, 0.3) is 0 Å². The van der Waals surface area contributed by atoms with Crippen LogP contribution in [0.1, 0.15) is 44.0 Å². The fourth-order valence-corrected chi connectivity index (χ4v) is 3.04. The lowest BCUT2D eigenvalue weighted by Gasteiger charge is -2.36. The molecule has 24 heavy (non-hydrogen) atoms. The summed E-state index contributed by atoms with van der Waals surface area (Å²) in [6.45, 7) is 9.83. The number of anilines is 1. The van der Waals surface area contributed by atoms with Crippen molar-refractivity contribution in [2.75, 3.05) is 37.6 Å². The molecule has 0 aromatic heterocycles. The molecular weight excluding hydrogens is 302 g/mol. The third-order valence-electron chi connectivity index (χ3n) is 4.73. The molecule has 0 atom stereocenters. The van der Waals surface area contributed by atoms with E-state index in [-0.39, 0.29) is 11.7 Å². The highest BCUT2D eigenvalue weighted by Crippen LogP contribution is 2.17. The minimum absolute atomic E-state index is 0.0924. The van der Waals surface area contributed by atoms with Gasteiger partial charge in [-0.3, -0.25) is 14.5 Å². The van der Waals surface area contributed by atoms with E-state index in [1.54, 1.807) is 6.92 Å². The third-order valence-corrected chi connectivity index (χ3v) is 4.73. The van der Waals surface area contributed by atoms with Crippen LogP contribution in [0, 0.1) is 0 Å². The highest BCUT2D eigenvalue weighted by atomic mass is 16.2. The molecule has 0 aliphatic carbocycles. The van der Waals surface area contributed by atoms with Crippen molar-refractivity contribution in [1.29, 1.82) is 0 Å². The maximum atomic E-state index is 12.1. The zero-order chi connectivity index (χ0) is 17.5. The maximum absolute atomic E-state index is 12.1. The molecule has 0 bridgehead atoms. The monoisotopic (exact) mass is 331 g/mol. The van der Waals surface area contributed by atoms with Crippen LogP contribution in [0.5, 0.6) is 0 Å². The quantitative estimate of drug-likeness (QED) is 0.779. The summed E-state index contributed by atoms with van der Waals surface area (Å²) in [4.78, 5) is 27.9. The zero-order valence-electron chi connectivity index (χ0n) is 15.0. The van der Waals surface area contributed by atoms with Gasteiger partial charge in [0.1, 0.15) is 0 Å². The molecule has 1 fully saturated rings. The molecule has 5 nitrogen and oxygen atoms in total. The smallest absolute Gasteiger partial charge is 0.234 e. The van der Waals surface area contributed by atoms with E-state index in [4.69, 9.17) is 0 Å². The van der Waals surface area contributed by atoms with E-state index in [2.05, 4.69) is 29.0 Å². The fraction of sp³-hybridized carbons (Fsp3) is 0.579. The molecule has 0 radical (unpaired) electrons. The molecule has 1 aromatic rings. The Bertz CT molecular complexity index is 544. The summed E-state index contributed by atoms with van der Waals surface area (Å²) >= 11 is 0. The summed E-state index contributed by atoms with van der Waals surface area (Å²) in [5.74, 6) is 0.220. The van der Waals surface area contributed by atoms with Gasteiger partial charge in [-0.05, 0) is 44.0 Å². The zero-order valence-corrected chi connectivity index (χ0v) is 15.0. The van der Waals surface area contributed by atoms with Crippen molar-refractivity contribution < 1.29 is 9.59 Å². The van der Waals surface area contributed by atoms with E-state index in [0.717, 1.165) is 50.3 Å². The first kappa shape index (κ1) is 18.5. The van der Waals surface area contributed by atoms with Crippen LogP contribution in [0.4, 0.5) is 5.69 Å². The first-order valence-electron chi connectivity index (χ1n) is 8.91. The fourth-order valence-electron chi connectivity index (χ4n) is 3.04. The van der Waals surface area contributed by atoms with Gasteiger partial charge in [-0.2, -0.15) is 0 Å². The molecule has 132 valence electrons. The van der Waals surface area contributed by atoms with Crippen LogP contribution in [-0.4, -0.2) is 55.4 Å². The van der Waals surface area contributed by atoms with Crippen molar-refractivity contribution in [1.82, 2.24) is 10.2 Å². The maximum Gasteiger partial charge on any atom is 0.234 e. The molecular formula is C19H29N3O2. The van der Waals surface area contributed by atoms with Crippen LogP contribution in [-0.2, 0) is 4.79 Å². The number of carbonyl (C=O) groups is 2. The summed E-state index contributed by atoms with van der Waals surface area (Å²) in [5.41, 5.74) is 1.89. The highest BCUT2D eigenvalue weighted by molar-refractivity contribution is 5.94. The van der Waals surface area contributed by atoms with E-state index in [1.807, 2.05) is 24.3 Å². The first-order valence-corrected chi connectivity index (χ1v) is 8.91. The number of carbonyl (C=O) groups excluding carboxylic acids is 2.